The van der Waals surface area contributed by atoms with Gasteiger partial charge in [-0.15, -0.1) is 0 Å². The van der Waals surface area contributed by atoms with Crippen molar-refractivity contribution < 1.29 is 17.2 Å². The van der Waals surface area contributed by atoms with Gasteiger partial charge in [0.1, 0.15) is 5.69 Å². The highest BCUT2D eigenvalue weighted by molar-refractivity contribution is 7.92. The number of nitrogens with two attached hydrogens (primary N) is 1. The fraction of sp³-hybridized carbons (Fsp3) is 0.455. The van der Waals surface area contributed by atoms with Crippen LogP contribution in [0.2, 0.25) is 0 Å². The third-order valence-corrected chi connectivity index (χ3v) is 3.64. The van der Waals surface area contributed by atoms with E-state index in [1.807, 2.05) is 18.6 Å². The molecule has 3 N–H and O–H groups in total. The van der Waals surface area contributed by atoms with Crippen molar-refractivity contribution in [1.29, 1.82) is 0 Å². The number of nitrogens with one attached hydrogen (secondary N) is 1. The Morgan fingerprint density at radius 3 is 2.50 bits per heavy atom. The van der Waals surface area contributed by atoms with Crippen LogP contribution in [0.5, 0.6) is 0 Å². The monoisotopic (exact) mass is 278 g/mol. The molecule has 0 spiro atoms. The predicted octanol–water partition coefficient (Wildman–Crippen LogP) is 2.33. The fourth-order valence-electron chi connectivity index (χ4n) is 1.27. The minimum Gasteiger partial charge on any atom is -0.397 e. The lowest BCUT2D eigenvalue weighted by Crippen LogP contribution is -2.20. The van der Waals surface area contributed by atoms with Crippen LogP contribution < -0.4 is 10.5 Å². The van der Waals surface area contributed by atoms with E-state index < -0.39 is 27.3 Å². The largest absolute Gasteiger partial charge is 0.397 e. The first kappa shape index (κ1) is 14.7. The summed E-state index contributed by atoms with van der Waals surface area (Å²) in [7, 11) is -3.73. The van der Waals surface area contributed by atoms with Gasteiger partial charge in [-0.05, 0) is 24.5 Å². The van der Waals surface area contributed by atoms with E-state index in [0.29, 0.717) is 6.42 Å². The Bertz CT molecular complexity index is 530. The molecule has 0 aliphatic heterocycles. The van der Waals surface area contributed by atoms with Crippen molar-refractivity contribution in [1.82, 2.24) is 0 Å². The normalized spacial score (nSPS) is 11.8. The van der Waals surface area contributed by atoms with E-state index >= 15 is 0 Å². The average molecular weight is 278 g/mol. The van der Waals surface area contributed by atoms with Crippen LogP contribution in [0.25, 0.3) is 0 Å². The van der Waals surface area contributed by atoms with E-state index in [4.69, 9.17) is 5.73 Å². The standard InChI is InChI=1S/C11H16F2N2O2S/c1-7(2)5-6-18(16,17)15-11-9(14)4-3-8(12)10(11)13/h3-4,7,15H,5-6,14H2,1-2H3. The van der Waals surface area contributed by atoms with Crippen molar-refractivity contribution in [2.45, 2.75) is 20.3 Å². The molecule has 0 radical (unpaired) electrons. The highest BCUT2D eigenvalue weighted by Gasteiger charge is 2.18. The second-order valence-corrected chi connectivity index (χ2v) is 6.27. The maximum Gasteiger partial charge on any atom is 0.232 e. The van der Waals surface area contributed by atoms with Crippen LogP contribution in [0.15, 0.2) is 12.1 Å². The third kappa shape index (κ3) is 3.83. The maximum absolute atomic E-state index is 13.4. The molecule has 0 atom stereocenters. The van der Waals surface area contributed by atoms with Crippen LogP contribution in [0.1, 0.15) is 20.3 Å². The number of hydrogen-bond acceptors (Lipinski definition) is 3. The first-order valence-electron chi connectivity index (χ1n) is 5.47. The second kappa shape index (κ2) is 5.51. The molecule has 0 fully saturated rings. The van der Waals surface area contributed by atoms with Gasteiger partial charge >= 0.3 is 0 Å². The van der Waals surface area contributed by atoms with Gasteiger partial charge in [-0.3, -0.25) is 4.72 Å². The van der Waals surface area contributed by atoms with Gasteiger partial charge in [0.25, 0.3) is 0 Å². The van der Waals surface area contributed by atoms with Crippen LogP contribution in [0.3, 0.4) is 0 Å². The average Bonchev–Trinajstić information content (AvgIpc) is 2.27. The molecule has 0 saturated carbocycles. The van der Waals surface area contributed by atoms with E-state index in [-0.39, 0.29) is 17.4 Å². The second-order valence-electron chi connectivity index (χ2n) is 4.43. The molecule has 0 heterocycles. The minimum absolute atomic E-state index is 0.151. The molecule has 0 aliphatic carbocycles. The van der Waals surface area contributed by atoms with Crippen LogP contribution in [0.4, 0.5) is 20.2 Å². The summed E-state index contributed by atoms with van der Waals surface area (Å²) in [6.07, 6.45) is 0.423. The summed E-state index contributed by atoms with van der Waals surface area (Å²) in [4.78, 5) is 0. The zero-order valence-corrected chi connectivity index (χ0v) is 11.0. The molecular weight excluding hydrogens is 262 g/mol. The van der Waals surface area contributed by atoms with Crippen molar-refractivity contribution in [2.24, 2.45) is 5.92 Å². The number of nitrogen functional groups attached to an aromatic ring is 1. The summed E-state index contributed by atoms with van der Waals surface area (Å²) in [5.41, 5.74) is 4.74. The van der Waals surface area contributed by atoms with Crippen molar-refractivity contribution in [2.75, 3.05) is 16.2 Å². The summed E-state index contributed by atoms with van der Waals surface area (Å²) < 4.78 is 51.7. The summed E-state index contributed by atoms with van der Waals surface area (Å²) in [5.74, 6) is -2.41. The lowest BCUT2D eigenvalue weighted by Gasteiger charge is -2.12. The maximum atomic E-state index is 13.4. The van der Waals surface area contributed by atoms with Crippen molar-refractivity contribution in [3.8, 4) is 0 Å². The topological polar surface area (TPSA) is 72.2 Å². The summed E-state index contributed by atoms with van der Waals surface area (Å²) in [6, 6.07) is 1.95. The number of rotatable bonds is 5. The lowest BCUT2D eigenvalue weighted by molar-refractivity contribution is 0.512. The van der Waals surface area contributed by atoms with Gasteiger partial charge in [-0.25, -0.2) is 17.2 Å². The molecule has 1 aromatic rings. The Balaban J connectivity index is 2.94. The Morgan fingerprint density at radius 2 is 1.94 bits per heavy atom. The van der Waals surface area contributed by atoms with Crippen LogP contribution in [-0.4, -0.2) is 14.2 Å². The lowest BCUT2D eigenvalue weighted by atomic mass is 10.2. The molecule has 0 saturated heterocycles. The molecule has 0 bridgehead atoms. The molecule has 7 heteroatoms. The molecule has 4 nitrogen and oxygen atoms in total. The summed E-state index contributed by atoms with van der Waals surface area (Å²) in [6.45, 7) is 3.74. The van der Waals surface area contributed by atoms with Crippen molar-refractivity contribution in [3.63, 3.8) is 0 Å². The van der Waals surface area contributed by atoms with Crippen molar-refractivity contribution in [3.05, 3.63) is 23.8 Å². The molecule has 0 amide bonds. The van der Waals surface area contributed by atoms with Gasteiger partial charge in [0.15, 0.2) is 11.6 Å². The fourth-order valence-corrected chi connectivity index (χ4v) is 2.67. The quantitative estimate of drug-likeness (QED) is 0.812. The molecule has 0 unspecified atom stereocenters. The molecule has 1 rings (SSSR count). The molecule has 18 heavy (non-hydrogen) atoms. The van der Waals surface area contributed by atoms with Gasteiger partial charge in [0.2, 0.25) is 10.0 Å². The summed E-state index contributed by atoms with van der Waals surface area (Å²) in [5, 5.41) is 0. The zero-order chi connectivity index (χ0) is 13.9. The van der Waals surface area contributed by atoms with E-state index in [9.17, 15) is 17.2 Å². The molecular formula is C11H16F2N2O2S. The molecule has 0 aromatic heterocycles. The predicted molar refractivity (Wildman–Crippen MR) is 67.6 cm³/mol. The first-order valence-corrected chi connectivity index (χ1v) is 7.12. The molecule has 0 aliphatic rings. The van der Waals surface area contributed by atoms with Gasteiger partial charge in [0, 0.05) is 0 Å². The highest BCUT2D eigenvalue weighted by Crippen LogP contribution is 2.25. The van der Waals surface area contributed by atoms with Gasteiger partial charge in [0.05, 0.1) is 11.4 Å². The number of benzene rings is 1. The van der Waals surface area contributed by atoms with Crippen LogP contribution >= 0.6 is 0 Å². The number of halogens is 2. The SMILES string of the molecule is CC(C)CCS(=O)(=O)Nc1c(N)ccc(F)c1F. The van der Waals surface area contributed by atoms with Gasteiger partial charge in [-0.1, -0.05) is 13.8 Å². The van der Waals surface area contributed by atoms with E-state index in [0.717, 1.165) is 12.1 Å². The zero-order valence-electron chi connectivity index (χ0n) is 10.2. The number of sulfonamides is 1. The third-order valence-electron chi connectivity index (χ3n) is 2.35. The Morgan fingerprint density at radius 1 is 1.33 bits per heavy atom. The minimum atomic E-state index is -3.73. The summed E-state index contributed by atoms with van der Waals surface area (Å²) >= 11 is 0. The van der Waals surface area contributed by atoms with Crippen molar-refractivity contribution >= 4 is 21.4 Å². The Hall–Kier alpha value is -1.37. The number of hydrogen-bond donors (Lipinski definition) is 2. The van der Waals surface area contributed by atoms with E-state index in [1.165, 1.54) is 0 Å². The molecule has 1 aromatic carbocycles. The Labute approximate surface area is 105 Å². The van der Waals surface area contributed by atoms with Crippen LogP contribution in [-0.2, 0) is 10.0 Å². The molecule has 102 valence electrons. The number of anilines is 2. The van der Waals surface area contributed by atoms with Crippen LogP contribution in [0, 0.1) is 17.6 Å². The van der Waals surface area contributed by atoms with E-state index in [1.54, 1.807) is 0 Å². The smallest absolute Gasteiger partial charge is 0.232 e. The Kier molecular flexibility index (Phi) is 4.50. The first-order chi connectivity index (χ1) is 8.23. The van der Waals surface area contributed by atoms with Gasteiger partial charge in [-0.2, -0.15) is 0 Å². The van der Waals surface area contributed by atoms with Gasteiger partial charge < -0.3 is 5.73 Å². The highest BCUT2D eigenvalue weighted by atomic mass is 32.2. The van der Waals surface area contributed by atoms with E-state index in [2.05, 4.69) is 0 Å².